The lowest BCUT2D eigenvalue weighted by atomic mass is 10.3. The average molecular weight is 320 g/mol. The lowest BCUT2D eigenvalue weighted by Gasteiger charge is -2.08. The molecule has 0 saturated heterocycles. The van der Waals surface area contributed by atoms with E-state index in [1.54, 1.807) is 0 Å². The molecule has 0 aromatic heterocycles. The first-order valence-electron chi connectivity index (χ1n) is 6.20. The summed E-state index contributed by atoms with van der Waals surface area (Å²) >= 11 is -0.221. The Kier molecular flexibility index (Phi) is 6.92. The summed E-state index contributed by atoms with van der Waals surface area (Å²) in [5.41, 5.74) is -4.31. The molecule has 4 nitrogen and oxygen atoms in total. The number of thioether (sulfide) groups is 1. The van der Waals surface area contributed by atoms with Crippen LogP contribution in [-0.4, -0.2) is 44.6 Å². The zero-order valence-corrected chi connectivity index (χ0v) is 12.1. The van der Waals surface area contributed by atoms with Gasteiger partial charge in [-0.05, 0) is 44.0 Å². The fraction of sp³-hybridized carbons (Fsp3) is 1.00. The first kappa shape index (κ1) is 17.1. The lowest BCUT2D eigenvalue weighted by Crippen LogP contribution is -2.29. The Balaban J connectivity index is 1.99. The summed E-state index contributed by atoms with van der Waals surface area (Å²) < 4.78 is 60.5. The summed E-state index contributed by atoms with van der Waals surface area (Å²) in [5.74, 6) is -0.331. The molecule has 0 heterocycles. The summed E-state index contributed by atoms with van der Waals surface area (Å²) in [5, 5.41) is 3.27. The first-order chi connectivity index (χ1) is 8.79. The highest BCUT2D eigenvalue weighted by Gasteiger charge is 2.27. The minimum Gasteiger partial charge on any atom is -0.314 e. The summed E-state index contributed by atoms with van der Waals surface area (Å²) in [6, 6.07) is 0.606. The van der Waals surface area contributed by atoms with Gasteiger partial charge in [0.25, 0.3) is 0 Å². The molecule has 9 heteroatoms. The molecule has 1 fully saturated rings. The van der Waals surface area contributed by atoms with Crippen LogP contribution in [0.1, 0.15) is 25.7 Å². The average Bonchev–Trinajstić information content (AvgIpc) is 3.07. The van der Waals surface area contributed by atoms with Crippen LogP contribution in [0, 0.1) is 0 Å². The highest BCUT2D eigenvalue weighted by Crippen LogP contribution is 2.29. The lowest BCUT2D eigenvalue weighted by molar-refractivity contribution is -0.0327. The molecule has 114 valence electrons. The molecule has 0 atom stereocenters. The SMILES string of the molecule is O=S(=O)(CCCCNC1CC1)NCCSC(F)(F)F. The number of hydrogen-bond acceptors (Lipinski definition) is 4. The van der Waals surface area contributed by atoms with Crippen LogP contribution in [0.2, 0.25) is 0 Å². The third kappa shape index (κ3) is 10.5. The minimum atomic E-state index is -4.31. The smallest absolute Gasteiger partial charge is 0.314 e. The maximum atomic E-state index is 11.8. The van der Waals surface area contributed by atoms with Gasteiger partial charge in [0.1, 0.15) is 0 Å². The predicted octanol–water partition coefficient (Wildman–Crippen LogP) is 1.69. The molecule has 1 rings (SSSR count). The van der Waals surface area contributed by atoms with Crippen molar-refractivity contribution in [3.8, 4) is 0 Å². The molecular formula is C10H19F3N2O2S2. The molecule has 0 bridgehead atoms. The summed E-state index contributed by atoms with van der Waals surface area (Å²) in [6.45, 7) is 0.608. The molecule has 0 unspecified atom stereocenters. The Morgan fingerprint density at radius 1 is 1.16 bits per heavy atom. The van der Waals surface area contributed by atoms with Crippen LogP contribution in [0.25, 0.3) is 0 Å². The van der Waals surface area contributed by atoms with Crippen molar-refractivity contribution in [1.82, 2.24) is 10.0 Å². The number of hydrogen-bond donors (Lipinski definition) is 2. The van der Waals surface area contributed by atoms with E-state index in [0.717, 1.165) is 13.0 Å². The van der Waals surface area contributed by atoms with Crippen molar-refractivity contribution in [2.75, 3.05) is 24.6 Å². The van der Waals surface area contributed by atoms with Gasteiger partial charge < -0.3 is 5.32 Å². The van der Waals surface area contributed by atoms with Gasteiger partial charge in [-0.2, -0.15) is 13.2 Å². The number of nitrogens with one attached hydrogen (secondary N) is 2. The van der Waals surface area contributed by atoms with Gasteiger partial charge in [0.05, 0.1) is 5.75 Å². The van der Waals surface area contributed by atoms with E-state index in [0.29, 0.717) is 12.5 Å². The van der Waals surface area contributed by atoms with Crippen LogP contribution in [0.4, 0.5) is 13.2 Å². The van der Waals surface area contributed by atoms with Crippen molar-refractivity contribution in [1.29, 1.82) is 0 Å². The second kappa shape index (κ2) is 7.70. The highest BCUT2D eigenvalue weighted by atomic mass is 32.2. The van der Waals surface area contributed by atoms with E-state index >= 15 is 0 Å². The molecule has 0 aromatic rings. The molecule has 0 aromatic carbocycles. The molecule has 2 N–H and O–H groups in total. The van der Waals surface area contributed by atoms with Crippen molar-refractivity contribution in [2.45, 2.75) is 37.2 Å². The van der Waals surface area contributed by atoms with E-state index in [-0.39, 0.29) is 29.8 Å². The van der Waals surface area contributed by atoms with Crippen molar-refractivity contribution in [2.24, 2.45) is 0 Å². The van der Waals surface area contributed by atoms with Crippen LogP contribution in [-0.2, 0) is 10.0 Å². The third-order valence-corrected chi connectivity index (χ3v) is 4.75. The summed E-state index contributed by atoms with van der Waals surface area (Å²) in [6.07, 6.45) is 3.66. The summed E-state index contributed by atoms with van der Waals surface area (Å²) in [7, 11) is -3.44. The van der Waals surface area contributed by atoms with Gasteiger partial charge in [0.15, 0.2) is 0 Å². The van der Waals surface area contributed by atoms with E-state index in [4.69, 9.17) is 0 Å². The van der Waals surface area contributed by atoms with Crippen LogP contribution < -0.4 is 10.0 Å². The van der Waals surface area contributed by atoms with Gasteiger partial charge in [-0.25, -0.2) is 13.1 Å². The second-order valence-electron chi connectivity index (χ2n) is 4.44. The molecule has 19 heavy (non-hydrogen) atoms. The topological polar surface area (TPSA) is 58.2 Å². The minimum absolute atomic E-state index is 0.0317. The molecule has 0 amide bonds. The van der Waals surface area contributed by atoms with Gasteiger partial charge in [0, 0.05) is 18.3 Å². The maximum absolute atomic E-state index is 11.8. The second-order valence-corrected chi connectivity index (χ2v) is 7.53. The fourth-order valence-corrected chi connectivity index (χ4v) is 3.15. The standard InChI is InChI=1S/C10H19F3N2O2S2/c11-10(12,13)18-7-6-15-19(16,17)8-2-1-5-14-9-3-4-9/h9,14-15H,1-8H2. The third-order valence-electron chi connectivity index (χ3n) is 2.54. The normalized spacial score (nSPS) is 16.8. The van der Waals surface area contributed by atoms with Crippen LogP contribution in [0.3, 0.4) is 0 Å². The molecule has 1 aliphatic rings. The zero-order valence-electron chi connectivity index (χ0n) is 10.5. The molecule has 1 aliphatic carbocycles. The zero-order chi connectivity index (χ0) is 14.4. The van der Waals surface area contributed by atoms with E-state index in [1.807, 2.05) is 0 Å². The first-order valence-corrected chi connectivity index (χ1v) is 8.84. The monoisotopic (exact) mass is 320 g/mol. The molecule has 0 aliphatic heterocycles. The number of sulfonamides is 1. The van der Waals surface area contributed by atoms with E-state index in [1.165, 1.54) is 12.8 Å². The maximum Gasteiger partial charge on any atom is 0.441 e. The van der Waals surface area contributed by atoms with Crippen molar-refractivity contribution >= 4 is 21.8 Å². The van der Waals surface area contributed by atoms with Crippen molar-refractivity contribution < 1.29 is 21.6 Å². The number of halogens is 3. The van der Waals surface area contributed by atoms with Gasteiger partial charge >= 0.3 is 5.51 Å². The quantitative estimate of drug-likeness (QED) is 0.602. The highest BCUT2D eigenvalue weighted by molar-refractivity contribution is 8.00. The van der Waals surface area contributed by atoms with Crippen LogP contribution in [0.15, 0.2) is 0 Å². The van der Waals surface area contributed by atoms with Gasteiger partial charge in [-0.1, -0.05) is 0 Å². The predicted molar refractivity (Wildman–Crippen MR) is 70.6 cm³/mol. The molecular weight excluding hydrogens is 301 g/mol. The Morgan fingerprint density at radius 3 is 2.42 bits per heavy atom. The van der Waals surface area contributed by atoms with E-state index < -0.39 is 15.5 Å². The number of rotatable bonds is 10. The molecule has 0 spiro atoms. The van der Waals surface area contributed by atoms with Gasteiger partial charge in [-0.3, -0.25) is 0 Å². The fourth-order valence-electron chi connectivity index (χ4n) is 1.45. The Hall–Kier alpha value is 0.01000. The largest absolute Gasteiger partial charge is 0.441 e. The Morgan fingerprint density at radius 2 is 1.84 bits per heavy atom. The molecule has 0 radical (unpaired) electrons. The molecule has 1 saturated carbocycles. The Bertz CT molecular complexity index is 356. The van der Waals surface area contributed by atoms with Crippen molar-refractivity contribution in [3.63, 3.8) is 0 Å². The number of unbranched alkanes of at least 4 members (excludes halogenated alkanes) is 1. The van der Waals surface area contributed by atoms with Crippen LogP contribution in [0.5, 0.6) is 0 Å². The van der Waals surface area contributed by atoms with E-state index in [2.05, 4.69) is 10.0 Å². The van der Waals surface area contributed by atoms with Crippen molar-refractivity contribution in [3.05, 3.63) is 0 Å². The Labute approximate surface area is 115 Å². The van der Waals surface area contributed by atoms with Gasteiger partial charge in [0.2, 0.25) is 10.0 Å². The van der Waals surface area contributed by atoms with Crippen LogP contribution >= 0.6 is 11.8 Å². The van der Waals surface area contributed by atoms with E-state index in [9.17, 15) is 21.6 Å². The van der Waals surface area contributed by atoms with Gasteiger partial charge in [-0.15, -0.1) is 0 Å². The number of alkyl halides is 3. The summed E-state index contributed by atoms with van der Waals surface area (Å²) in [4.78, 5) is 0.